The van der Waals surface area contributed by atoms with Crippen molar-refractivity contribution in [1.29, 1.82) is 0 Å². The van der Waals surface area contributed by atoms with Crippen LogP contribution in [0.2, 0.25) is 0 Å². The summed E-state index contributed by atoms with van der Waals surface area (Å²) in [6.07, 6.45) is 11.9. The Morgan fingerprint density at radius 1 is 0.968 bits per heavy atom. The van der Waals surface area contributed by atoms with Crippen LogP contribution < -0.4 is 10.6 Å². The molecule has 0 aliphatic carbocycles. The number of carbonyl (C=O) groups is 2. The van der Waals surface area contributed by atoms with E-state index >= 15 is 0 Å². The molecule has 0 radical (unpaired) electrons. The van der Waals surface area contributed by atoms with Crippen molar-refractivity contribution in [2.75, 3.05) is 11.5 Å². The van der Waals surface area contributed by atoms with Crippen molar-refractivity contribution in [1.82, 2.24) is 10.6 Å². The molecule has 5 heteroatoms. The van der Waals surface area contributed by atoms with Crippen LogP contribution in [0.3, 0.4) is 0 Å². The molecule has 0 aromatic heterocycles. The Morgan fingerprint density at radius 2 is 1.55 bits per heavy atom. The van der Waals surface area contributed by atoms with E-state index in [0.29, 0.717) is 6.41 Å². The Labute approximate surface area is 195 Å². The van der Waals surface area contributed by atoms with Gasteiger partial charge in [0.1, 0.15) is 6.04 Å². The summed E-state index contributed by atoms with van der Waals surface area (Å²) in [6, 6.07) is -0.627. The second-order valence-electron chi connectivity index (χ2n) is 8.91. The predicted octanol–water partition coefficient (Wildman–Crippen LogP) is 5.97. The highest BCUT2D eigenvalue weighted by molar-refractivity contribution is 7.99. The molecule has 4 nitrogen and oxygen atoms in total. The van der Waals surface area contributed by atoms with Gasteiger partial charge in [-0.25, -0.2) is 0 Å². The number of hydrogen-bond donors (Lipinski definition) is 2. The lowest BCUT2D eigenvalue weighted by molar-refractivity contribution is -0.126. The number of thioether (sulfide) groups is 1. The van der Waals surface area contributed by atoms with Gasteiger partial charge in [0, 0.05) is 11.5 Å². The first kappa shape index (κ1) is 29.2. The van der Waals surface area contributed by atoms with E-state index < -0.39 is 6.04 Å². The fraction of sp³-hybridized carbons (Fsp3) is 0.615. The minimum atomic E-state index is -0.523. The van der Waals surface area contributed by atoms with Gasteiger partial charge in [0.25, 0.3) is 0 Å². The quantitative estimate of drug-likeness (QED) is 0.174. The van der Waals surface area contributed by atoms with Crippen LogP contribution >= 0.6 is 11.8 Å². The van der Waals surface area contributed by atoms with E-state index in [0.717, 1.165) is 42.8 Å². The first-order valence-electron chi connectivity index (χ1n) is 11.3. The molecule has 176 valence electrons. The first-order valence-corrected chi connectivity index (χ1v) is 12.4. The zero-order chi connectivity index (χ0) is 23.8. The second kappa shape index (κ2) is 16.9. The van der Waals surface area contributed by atoms with Crippen LogP contribution in [0.25, 0.3) is 0 Å². The van der Waals surface area contributed by atoms with Gasteiger partial charge in [0.05, 0.1) is 6.04 Å². The summed E-state index contributed by atoms with van der Waals surface area (Å²) in [5, 5.41) is 5.63. The van der Waals surface area contributed by atoms with E-state index in [9.17, 15) is 9.59 Å². The smallest absolute Gasteiger partial charge is 0.243 e. The highest BCUT2D eigenvalue weighted by Crippen LogP contribution is 2.14. The third kappa shape index (κ3) is 14.8. The van der Waals surface area contributed by atoms with E-state index in [-0.39, 0.29) is 17.9 Å². The second-order valence-corrected chi connectivity index (χ2v) is 9.99. The molecule has 0 aliphatic heterocycles. The molecule has 0 bridgehead atoms. The summed E-state index contributed by atoms with van der Waals surface area (Å²) in [6.45, 7) is 18.5. The van der Waals surface area contributed by atoms with Gasteiger partial charge in [0.2, 0.25) is 12.3 Å². The molecule has 0 rings (SSSR count). The third-order valence-corrected chi connectivity index (χ3v) is 6.04. The molecule has 0 saturated carbocycles. The summed E-state index contributed by atoms with van der Waals surface area (Å²) in [5.74, 6) is 1.54. The van der Waals surface area contributed by atoms with Crippen molar-refractivity contribution in [3.63, 3.8) is 0 Å². The van der Waals surface area contributed by atoms with Crippen molar-refractivity contribution < 1.29 is 9.59 Å². The maximum atomic E-state index is 12.5. The zero-order valence-corrected chi connectivity index (χ0v) is 21.5. The van der Waals surface area contributed by atoms with Gasteiger partial charge >= 0.3 is 0 Å². The zero-order valence-electron chi connectivity index (χ0n) is 20.7. The highest BCUT2D eigenvalue weighted by Gasteiger charge is 2.24. The van der Waals surface area contributed by atoms with Crippen LogP contribution in [-0.2, 0) is 9.59 Å². The molecular formula is C26H44N2O2S. The van der Waals surface area contributed by atoms with Gasteiger partial charge in [-0.15, -0.1) is 0 Å². The molecule has 2 atom stereocenters. The molecule has 0 aromatic carbocycles. The van der Waals surface area contributed by atoms with Crippen LogP contribution in [0.15, 0.2) is 47.1 Å². The number of allylic oxidation sites excluding steroid dienone is 5. The molecule has 2 unspecified atom stereocenters. The van der Waals surface area contributed by atoms with Crippen molar-refractivity contribution in [2.24, 2.45) is 5.92 Å². The fourth-order valence-corrected chi connectivity index (χ4v) is 4.08. The third-order valence-electron chi connectivity index (χ3n) is 5.06. The van der Waals surface area contributed by atoms with Gasteiger partial charge in [-0.1, -0.05) is 60.9 Å². The lowest BCUT2D eigenvalue weighted by Gasteiger charge is -2.24. The van der Waals surface area contributed by atoms with Crippen molar-refractivity contribution in [2.45, 2.75) is 86.2 Å². The van der Waals surface area contributed by atoms with E-state index in [4.69, 9.17) is 0 Å². The van der Waals surface area contributed by atoms with Crippen LogP contribution in [0.1, 0.15) is 74.1 Å². The van der Waals surface area contributed by atoms with Crippen molar-refractivity contribution in [3.8, 4) is 0 Å². The summed E-state index contributed by atoms with van der Waals surface area (Å²) in [4.78, 5) is 23.3. The molecule has 0 fully saturated rings. The SMILES string of the molecule is C=C(C)C(CSC/C=C(\C)CC/C=C(\C)CCC=C(C)C)NC(=O)C(NC=O)C(C)C. The minimum Gasteiger partial charge on any atom is -0.347 e. The van der Waals surface area contributed by atoms with Crippen LogP contribution in [0.4, 0.5) is 0 Å². The van der Waals surface area contributed by atoms with E-state index in [1.807, 2.05) is 20.8 Å². The normalized spacial score (nSPS) is 14.1. The predicted molar refractivity (Wildman–Crippen MR) is 137 cm³/mol. The Hall–Kier alpha value is -1.75. The monoisotopic (exact) mass is 448 g/mol. The molecule has 2 N–H and O–H groups in total. The Balaban J connectivity index is 4.43. The number of hydrogen-bond acceptors (Lipinski definition) is 3. The van der Waals surface area contributed by atoms with Crippen LogP contribution in [0, 0.1) is 5.92 Å². The largest absolute Gasteiger partial charge is 0.347 e. The summed E-state index contributed by atoms with van der Waals surface area (Å²) in [5.41, 5.74) is 5.16. The summed E-state index contributed by atoms with van der Waals surface area (Å²) >= 11 is 1.78. The van der Waals surface area contributed by atoms with E-state index in [1.54, 1.807) is 11.8 Å². The van der Waals surface area contributed by atoms with Crippen LogP contribution in [-0.4, -0.2) is 35.9 Å². The molecular weight excluding hydrogens is 404 g/mol. The topological polar surface area (TPSA) is 58.2 Å². The highest BCUT2D eigenvalue weighted by atomic mass is 32.2. The Kier molecular flexibility index (Phi) is 15.9. The van der Waals surface area contributed by atoms with E-state index in [2.05, 4.69) is 63.1 Å². The van der Waals surface area contributed by atoms with Gasteiger partial charge in [-0.3, -0.25) is 9.59 Å². The van der Waals surface area contributed by atoms with Crippen molar-refractivity contribution >= 4 is 24.1 Å². The van der Waals surface area contributed by atoms with Crippen molar-refractivity contribution in [3.05, 3.63) is 47.1 Å². The van der Waals surface area contributed by atoms with Gasteiger partial charge in [0.15, 0.2) is 0 Å². The molecule has 0 saturated heterocycles. The molecule has 2 amide bonds. The maximum absolute atomic E-state index is 12.5. The average Bonchev–Trinajstić information content (AvgIpc) is 2.67. The first-order chi connectivity index (χ1) is 14.6. The molecule has 0 aromatic rings. The fourth-order valence-electron chi connectivity index (χ4n) is 2.94. The summed E-state index contributed by atoms with van der Waals surface area (Å²) in [7, 11) is 0. The number of nitrogens with one attached hydrogen (secondary N) is 2. The molecule has 0 aliphatic rings. The maximum Gasteiger partial charge on any atom is 0.243 e. The number of amides is 2. The van der Waals surface area contributed by atoms with Gasteiger partial charge in [-0.2, -0.15) is 11.8 Å². The molecule has 0 spiro atoms. The van der Waals surface area contributed by atoms with Crippen LogP contribution in [0.5, 0.6) is 0 Å². The average molecular weight is 449 g/mol. The lowest BCUT2D eigenvalue weighted by atomic mass is 10.0. The summed E-state index contributed by atoms with van der Waals surface area (Å²) < 4.78 is 0. The lowest BCUT2D eigenvalue weighted by Crippen LogP contribution is -2.50. The number of rotatable bonds is 16. The van der Waals surface area contributed by atoms with Gasteiger partial charge < -0.3 is 10.6 Å². The minimum absolute atomic E-state index is 0.0270. The Bertz CT molecular complexity index is 658. The number of carbonyl (C=O) groups excluding carboxylic acids is 2. The molecule has 31 heavy (non-hydrogen) atoms. The van der Waals surface area contributed by atoms with E-state index in [1.165, 1.54) is 16.7 Å². The Morgan fingerprint density at radius 3 is 2.06 bits per heavy atom. The van der Waals surface area contributed by atoms with Gasteiger partial charge in [-0.05, 0) is 66.2 Å². The molecule has 0 heterocycles. The standard InChI is InChI=1S/C26H44N2O2S/c1-19(2)11-9-12-22(7)13-10-14-23(8)15-16-31-17-24(20(3)4)28-26(30)25(21(5)6)27-18-29/h11,13,15,18,21,24-25H,3,9-10,12,14,16-17H2,1-2,4-8H3,(H,27,29)(H,28,30)/b22-13+,23-15+.